The summed E-state index contributed by atoms with van der Waals surface area (Å²) in [5.74, 6) is -1.48. The number of rotatable bonds is 7. The smallest absolute Gasteiger partial charge is 0.323 e. The predicted molar refractivity (Wildman–Crippen MR) is 82.4 cm³/mol. The van der Waals surface area contributed by atoms with E-state index in [1.165, 1.54) is 4.90 Å². The molecule has 1 fully saturated rings. The van der Waals surface area contributed by atoms with Gasteiger partial charge in [0.25, 0.3) is 0 Å². The Kier molecular flexibility index (Phi) is 4.55. The van der Waals surface area contributed by atoms with E-state index in [0.717, 1.165) is 6.26 Å². The average molecular weight is 325 g/mol. The number of carbonyl (C=O) groups is 2. The van der Waals surface area contributed by atoms with Crippen LogP contribution in [0.5, 0.6) is 0 Å². The second-order valence-corrected chi connectivity index (χ2v) is 8.10. The van der Waals surface area contributed by atoms with Crippen molar-refractivity contribution in [1.82, 2.24) is 0 Å². The molecule has 7 heteroatoms. The number of carboxylic acids is 1. The summed E-state index contributed by atoms with van der Waals surface area (Å²) in [7, 11) is -3.17. The Labute approximate surface area is 129 Å². The number of nitrogens with zero attached hydrogens (tertiary/aromatic N) is 1. The summed E-state index contributed by atoms with van der Waals surface area (Å²) in [6.45, 7) is -0.433. The Morgan fingerprint density at radius 3 is 2.27 bits per heavy atom. The summed E-state index contributed by atoms with van der Waals surface area (Å²) < 4.78 is 22.9. The minimum absolute atomic E-state index is 0.0263. The fraction of sp³-hybridized carbons (Fsp3) is 0.467. The second-order valence-electron chi connectivity index (χ2n) is 5.96. The molecule has 1 aromatic carbocycles. The van der Waals surface area contributed by atoms with Gasteiger partial charge in [-0.3, -0.25) is 9.59 Å². The third-order valence-electron chi connectivity index (χ3n) is 3.71. The van der Waals surface area contributed by atoms with Crippen molar-refractivity contribution in [3.05, 3.63) is 30.3 Å². The number of carboxylic acid groups (broad SMARTS) is 1. The molecule has 0 bridgehead atoms. The summed E-state index contributed by atoms with van der Waals surface area (Å²) in [6.07, 6.45) is 2.58. The van der Waals surface area contributed by atoms with Crippen molar-refractivity contribution in [1.29, 1.82) is 0 Å². The first-order valence-electron chi connectivity index (χ1n) is 6.96. The minimum Gasteiger partial charge on any atom is -0.480 e. The van der Waals surface area contributed by atoms with E-state index < -0.39 is 27.8 Å². The van der Waals surface area contributed by atoms with Crippen molar-refractivity contribution in [2.24, 2.45) is 5.41 Å². The highest BCUT2D eigenvalue weighted by molar-refractivity contribution is 7.90. The zero-order chi connectivity index (χ0) is 16.4. The van der Waals surface area contributed by atoms with E-state index >= 15 is 0 Å². The third kappa shape index (κ3) is 4.56. The molecule has 2 rings (SSSR count). The fourth-order valence-electron chi connectivity index (χ4n) is 2.59. The molecule has 1 aromatic rings. The van der Waals surface area contributed by atoms with Gasteiger partial charge in [0.2, 0.25) is 5.91 Å². The third-order valence-corrected chi connectivity index (χ3v) is 4.85. The number of hydrogen-bond donors (Lipinski definition) is 1. The van der Waals surface area contributed by atoms with Crippen LogP contribution in [0.4, 0.5) is 5.69 Å². The van der Waals surface area contributed by atoms with Gasteiger partial charge in [-0.2, -0.15) is 0 Å². The Morgan fingerprint density at radius 1 is 1.23 bits per heavy atom. The summed E-state index contributed by atoms with van der Waals surface area (Å²) in [5.41, 5.74) is -0.0130. The van der Waals surface area contributed by atoms with Gasteiger partial charge in [-0.25, -0.2) is 8.42 Å². The summed E-state index contributed by atoms with van der Waals surface area (Å²) in [4.78, 5) is 24.7. The maximum absolute atomic E-state index is 12.5. The van der Waals surface area contributed by atoms with Gasteiger partial charge in [0.05, 0.1) is 5.75 Å². The molecule has 1 amide bonds. The first kappa shape index (κ1) is 16.5. The van der Waals surface area contributed by atoms with Crippen LogP contribution >= 0.6 is 0 Å². The van der Waals surface area contributed by atoms with Gasteiger partial charge in [0.1, 0.15) is 16.4 Å². The topological polar surface area (TPSA) is 91.8 Å². The van der Waals surface area contributed by atoms with Gasteiger partial charge in [0, 0.05) is 18.4 Å². The van der Waals surface area contributed by atoms with E-state index in [1.54, 1.807) is 30.3 Å². The van der Waals surface area contributed by atoms with E-state index in [4.69, 9.17) is 5.11 Å². The van der Waals surface area contributed by atoms with Crippen molar-refractivity contribution in [2.75, 3.05) is 23.5 Å². The molecule has 0 atom stereocenters. The molecule has 1 aliphatic rings. The van der Waals surface area contributed by atoms with E-state index in [9.17, 15) is 18.0 Å². The Balaban J connectivity index is 2.15. The lowest BCUT2D eigenvalue weighted by Gasteiger charge is -2.23. The molecule has 0 saturated heterocycles. The number of anilines is 1. The summed E-state index contributed by atoms with van der Waals surface area (Å²) in [6, 6.07) is 8.55. The molecule has 0 unspecified atom stereocenters. The molecule has 0 spiro atoms. The van der Waals surface area contributed by atoms with Crippen LogP contribution < -0.4 is 4.90 Å². The maximum atomic E-state index is 12.5. The Hall–Kier alpha value is -1.89. The molecule has 0 heterocycles. The zero-order valence-electron chi connectivity index (χ0n) is 12.4. The van der Waals surface area contributed by atoms with Crippen LogP contribution in [0.1, 0.15) is 19.3 Å². The largest absolute Gasteiger partial charge is 0.480 e. The SMILES string of the molecule is CS(=O)(=O)CC1(CC(=O)N(CC(=O)O)c2ccccc2)CC1. The lowest BCUT2D eigenvalue weighted by Crippen LogP contribution is -2.37. The predicted octanol–water partition coefficient (Wildman–Crippen LogP) is 1.32. The molecular formula is C15H19NO5S. The lowest BCUT2D eigenvalue weighted by atomic mass is 10.0. The normalized spacial score (nSPS) is 16.0. The van der Waals surface area contributed by atoms with Crippen LogP contribution in [-0.4, -0.2) is 44.0 Å². The number of para-hydroxylation sites is 1. The molecule has 6 nitrogen and oxygen atoms in total. The second kappa shape index (κ2) is 6.08. The monoisotopic (exact) mass is 325 g/mol. The molecule has 120 valence electrons. The Morgan fingerprint density at radius 2 is 1.82 bits per heavy atom. The molecule has 1 saturated carbocycles. The molecule has 1 aliphatic carbocycles. The number of amides is 1. The average Bonchev–Trinajstić information content (AvgIpc) is 3.13. The van der Waals surface area contributed by atoms with Crippen LogP contribution in [0, 0.1) is 5.41 Å². The minimum atomic E-state index is -3.17. The first-order chi connectivity index (χ1) is 10.2. The van der Waals surface area contributed by atoms with Gasteiger partial charge >= 0.3 is 5.97 Å². The van der Waals surface area contributed by atoms with E-state index in [1.807, 2.05) is 0 Å². The highest BCUT2D eigenvalue weighted by atomic mass is 32.2. The molecule has 0 radical (unpaired) electrons. The number of sulfone groups is 1. The summed E-state index contributed by atoms with van der Waals surface area (Å²) in [5, 5.41) is 9.00. The lowest BCUT2D eigenvalue weighted by molar-refractivity contribution is -0.136. The highest BCUT2D eigenvalue weighted by Crippen LogP contribution is 2.50. The Bertz CT molecular complexity index is 664. The first-order valence-corrected chi connectivity index (χ1v) is 9.02. The van der Waals surface area contributed by atoms with Crippen molar-refractivity contribution in [2.45, 2.75) is 19.3 Å². The van der Waals surface area contributed by atoms with Gasteiger partial charge in [-0.05, 0) is 30.4 Å². The molecule has 0 aromatic heterocycles. The molecular weight excluding hydrogens is 306 g/mol. The van der Waals surface area contributed by atoms with Crippen LogP contribution in [0.15, 0.2) is 30.3 Å². The molecule has 22 heavy (non-hydrogen) atoms. The van der Waals surface area contributed by atoms with E-state index in [2.05, 4.69) is 0 Å². The van der Waals surface area contributed by atoms with E-state index in [-0.39, 0.29) is 18.1 Å². The van der Waals surface area contributed by atoms with Gasteiger partial charge in [0.15, 0.2) is 0 Å². The zero-order valence-corrected chi connectivity index (χ0v) is 13.2. The van der Waals surface area contributed by atoms with Crippen LogP contribution in [-0.2, 0) is 19.4 Å². The van der Waals surface area contributed by atoms with Crippen molar-refractivity contribution in [3.8, 4) is 0 Å². The van der Waals surface area contributed by atoms with Gasteiger partial charge in [-0.15, -0.1) is 0 Å². The van der Waals surface area contributed by atoms with Gasteiger partial charge < -0.3 is 10.0 Å². The van der Waals surface area contributed by atoms with Crippen molar-refractivity contribution in [3.63, 3.8) is 0 Å². The molecule has 1 N–H and O–H groups in total. The fourth-order valence-corrected chi connectivity index (χ4v) is 4.09. The van der Waals surface area contributed by atoms with Crippen LogP contribution in [0.2, 0.25) is 0 Å². The van der Waals surface area contributed by atoms with Crippen LogP contribution in [0.3, 0.4) is 0 Å². The molecule has 0 aliphatic heterocycles. The number of benzene rings is 1. The number of hydrogen-bond acceptors (Lipinski definition) is 4. The van der Waals surface area contributed by atoms with Gasteiger partial charge in [-0.1, -0.05) is 18.2 Å². The number of aliphatic carboxylic acids is 1. The van der Waals surface area contributed by atoms with Crippen LogP contribution in [0.25, 0.3) is 0 Å². The standard InChI is InChI=1S/C15H19NO5S/c1-22(20,21)11-15(7-8-15)9-13(17)16(10-14(18)19)12-5-3-2-4-6-12/h2-6H,7-11H2,1H3,(H,18,19). The number of carbonyl (C=O) groups excluding carboxylic acids is 1. The highest BCUT2D eigenvalue weighted by Gasteiger charge is 2.47. The quantitative estimate of drug-likeness (QED) is 0.816. The van der Waals surface area contributed by atoms with Crippen molar-refractivity contribution >= 4 is 27.4 Å². The summed E-state index contributed by atoms with van der Waals surface area (Å²) >= 11 is 0. The maximum Gasteiger partial charge on any atom is 0.323 e. The van der Waals surface area contributed by atoms with E-state index in [0.29, 0.717) is 18.5 Å². The van der Waals surface area contributed by atoms with Crippen molar-refractivity contribution < 1.29 is 23.1 Å².